The van der Waals surface area contributed by atoms with Gasteiger partial charge in [0.1, 0.15) is 0 Å². The minimum Gasteiger partial charge on any atom is -0.388 e. The first-order chi connectivity index (χ1) is 11.2. The van der Waals surface area contributed by atoms with Gasteiger partial charge in [0.15, 0.2) is 0 Å². The number of rotatable bonds is 5. The predicted octanol–water partition coefficient (Wildman–Crippen LogP) is 2.55. The molecular formula is C18H26N4O. The summed E-state index contributed by atoms with van der Waals surface area (Å²) in [6.45, 7) is 7.77. The van der Waals surface area contributed by atoms with Crippen LogP contribution >= 0.6 is 0 Å². The Bertz CT molecular complexity index is 617. The maximum Gasteiger partial charge on any atom is 0.0996 e. The van der Waals surface area contributed by atoms with E-state index in [1.54, 1.807) is 4.80 Å². The van der Waals surface area contributed by atoms with Crippen molar-refractivity contribution in [2.75, 3.05) is 13.1 Å². The molecule has 3 rings (SSSR count). The maximum absolute atomic E-state index is 10.6. The van der Waals surface area contributed by atoms with Crippen LogP contribution < -0.4 is 0 Å². The maximum atomic E-state index is 10.6. The van der Waals surface area contributed by atoms with Crippen LogP contribution in [0.3, 0.4) is 0 Å². The van der Waals surface area contributed by atoms with Gasteiger partial charge >= 0.3 is 0 Å². The third kappa shape index (κ3) is 3.79. The van der Waals surface area contributed by atoms with E-state index in [0.717, 1.165) is 56.0 Å². The largest absolute Gasteiger partial charge is 0.388 e. The van der Waals surface area contributed by atoms with Crippen molar-refractivity contribution >= 4 is 0 Å². The summed E-state index contributed by atoms with van der Waals surface area (Å²) in [4.78, 5) is 4.18. The summed E-state index contributed by atoms with van der Waals surface area (Å²) < 4.78 is 0. The molecule has 1 saturated heterocycles. The fourth-order valence-electron chi connectivity index (χ4n) is 3.31. The van der Waals surface area contributed by atoms with Crippen LogP contribution in [0.25, 0.3) is 0 Å². The molecular weight excluding hydrogens is 288 g/mol. The summed E-state index contributed by atoms with van der Waals surface area (Å²) in [5, 5.41) is 19.5. The van der Waals surface area contributed by atoms with Crippen molar-refractivity contribution in [2.45, 2.75) is 45.9 Å². The molecule has 0 amide bonds. The molecule has 1 N–H and O–H groups in total. The minimum atomic E-state index is -0.346. The van der Waals surface area contributed by atoms with Gasteiger partial charge in [0.2, 0.25) is 0 Å². The monoisotopic (exact) mass is 314 g/mol. The highest BCUT2D eigenvalue weighted by Gasteiger charge is 2.26. The molecule has 0 spiro atoms. The van der Waals surface area contributed by atoms with E-state index in [-0.39, 0.29) is 6.10 Å². The van der Waals surface area contributed by atoms with Crippen LogP contribution in [0.2, 0.25) is 0 Å². The van der Waals surface area contributed by atoms with Crippen molar-refractivity contribution in [3.05, 3.63) is 47.3 Å². The van der Waals surface area contributed by atoms with E-state index in [1.165, 1.54) is 0 Å². The number of benzene rings is 1. The third-order valence-corrected chi connectivity index (χ3v) is 4.80. The summed E-state index contributed by atoms with van der Waals surface area (Å²) in [7, 11) is 0. The van der Waals surface area contributed by atoms with Crippen LogP contribution in [0, 0.1) is 12.8 Å². The van der Waals surface area contributed by atoms with E-state index < -0.39 is 0 Å². The SMILES string of the molecule is CCn1nc(C)c(CN2CCC(C(O)c3ccccc3)CC2)n1. The highest BCUT2D eigenvalue weighted by atomic mass is 16.3. The lowest BCUT2D eigenvalue weighted by Crippen LogP contribution is -2.35. The van der Waals surface area contributed by atoms with Gasteiger partial charge in [-0.2, -0.15) is 15.0 Å². The number of nitrogens with zero attached hydrogens (tertiary/aromatic N) is 4. The Morgan fingerprint density at radius 1 is 1.17 bits per heavy atom. The predicted molar refractivity (Wildman–Crippen MR) is 89.8 cm³/mol. The van der Waals surface area contributed by atoms with E-state index in [0.29, 0.717) is 5.92 Å². The Balaban J connectivity index is 1.55. The highest BCUT2D eigenvalue weighted by molar-refractivity contribution is 5.18. The van der Waals surface area contributed by atoms with Crippen molar-refractivity contribution < 1.29 is 5.11 Å². The molecule has 124 valence electrons. The number of likely N-dealkylation sites (tertiary alicyclic amines) is 1. The van der Waals surface area contributed by atoms with Gasteiger partial charge < -0.3 is 5.11 Å². The lowest BCUT2D eigenvalue weighted by molar-refractivity contribution is 0.0563. The molecule has 1 unspecified atom stereocenters. The molecule has 1 aromatic carbocycles. The van der Waals surface area contributed by atoms with Crippen LogP contribution in [-0.2, 0) is 13.1 Å². The molecule has 23 heavy (non-hydrogen) atoms. The van der Waals surface area contributed by atoms with Crippen LogP contribution in [0.4, 0.5) is 0 Å². The molecule has 0 aliphatic carbocycles. The van der Waals surface area contributed by atoms with E-state index in [1.807, 2.05) is 37.3 Å². The molecule has 1 aliphatic rings. The molecule has 0 saturated carbocycles. The normalized spacial score (nSPS) is 18.2. The Morgan fingerprint density at radius 3 is 2.48 bits per heavy atom. The average molecular weight is 314 g/mol. The summed E-state index contributed by atoms with van der Waals surface area (Å²) in [6, 6.07) is 10.0. The van der Waals surface area contributed by atoms with Gasteiger partial charge in [-0.3, -0.25) is 4.90 Å². The van der Waals surface area contributed by atoms with Crippen molar-refractivity contribution in [1.29, 1.82) is 0 Å². The van der Waals surface area contributed by atoms with Crippen LogP contribution in [-0.4, -0.2) is 38.1 Å². The summed E-state index contributed by atoms with van der Waals surface area (Å²) >= 11 is 0. The van der Waals surface area contributed by atoms with Crippen molar-refractivity contribution in [2.24, 2.45) is 5.92 Å². The van der Waals surface area contributed by atoms with E-state index in [2.05, 4.69) is 22.0 Å². The van der Waals surface area contributed by atoms with Gasteiger partial charge in [-0.1, -0.05) is 30.3 Å². The van der Waals surface area contributed by atoms with Crippen molar-refractivity contribution in [1.82, 2.24) is 19.9 Å². The van der Waals surface area contributed by atoms with Crippen LogP contribution in [0.15, 0.2) is 30.3 Å². The van der Waals surface area contributed by atoms with Gasteiger partial charge in [0, 0.05) is 6.54 Å². The number of aryl methyl sites for hydroxylation is 2. The summed E-state index contributed by atoms with van der Waals surface area (Å²) in [5.41, 5.74) is 3.14. The zero-order valence-corrected chi connectivity index (χ0v) is 14.0. The average Bonchev–Trinajstić information content (AvgIpc) is 2.96. The molecule has 0 bridgehead atoms. The number of piperidine rings is 1. The topological polar surface area (TPSA) is 54.2 Å². The minimum absolute atomic E-state index is 0.346. The van der Waals surface area contributed by atoms with Gasteiger partial charge in [-0.05, 0) is 51.3 Å². The molecule has 1 fully saturated rings. The fourth-order valence-corrected chi connectivity index (χ4v) is 3.31. The molecule has 1 atom stereocenters. The molecule has 1 aromatic heterocycles. The van der Waals surface area contributed by atoms with Crippen LogP contribution in [0.5, 0.6) is 0 Å². The first-order valence-electron chi connectivity index (χ1n) is 8.53. The molecule has 2 heterocycles. The highest BCUT2D eigenvalue weighted by Crippen LogP contribution is 2.31. The quantitative estimate of drug-likeness (QED) is 0.921. The van der Waals surface area contributed by atoms with Gasteiger partial charge in [0.05, 0.1) is 24.0 Å². The Kier molecular flexibility index (Phi) is 5.08. The zero-order valence-electron chi connectivity index (χ0n) is 14.0. The Labute approximate surface area is 137 Å². The van der Waals surface area contributed by atoms with E-state index in [9.17, 15) is 5.11 Å². The molecule has 2 aromatic rings. The standard InChI is InChI=1S/C18H26N4O/c1-3-22-19-14(2)17(20-22)13-21-11-9-16(10-12-21)18(23)15-7-5-4-6-8-15/h4-8,16,18,23H,3,9-13H2,1-2H3. The summed E-state index contributed by atoms with van der Waals surface area (Å²) in [5.74, 6) is 0.348. The number of hydrogen-bond donors (Lipinski definition) is 1. The first-order valence-corrected chi connectivity index (χ1v) is 8.53. The lowest BCUT2D eigenvalue weighted by Gasteiger charge is -2.34. The number of hydrogen-bond acceptors (Lipinski definition) is 4. The second kappa shape index (κ2) is 7.23. The zero-order chi connectivity index (χ0) is 16.2. The molecule has 5 nitrogen and oxygen atoms in total. The Morgan fingerprint density at radius 2 is 1.87 bits per heavy atom. The number of aromatic nitrogens is 3. The van der Waals surface area contributed by atoms with Gasteiger partial charge in [-0.15, -0.1) is 0 Å². The van der Waals surface area contributed by atoms with Gasteiger partial charge in [-0.25, -0.2) is 0 Å². The second-order valence-electron chi connectivity index (χ2n) is 6.39. The van der Waals surface area contributed by atoms with E-state index in [4.69, 9.17) is 0 Å². The third-order valence-electron chi connectivity index (χ3n) is 4.80. The lowest BCUT2D eigenvalue weighted by atomic mass is 9.87. The first kappa shape index (κ1) is 16.1. The number of aliphatic hydroxyl groups is 1. The van der Waals surface area contributed by atoms with E-state index >= 15 is 0 Å². The van der Waals surface area contributed by atoms with Crippen LogP contribution in [0.1, 0.15) is 42.8 Å². The summed E-state index contributed by atoms with van der Waals surface area (Å²) in [6.07, 6.45) is 1.70. The molecule has 5 heteroatoms. The second-order valence-corrected chi connectivity index (χ2v) is 6.39. The van der Waals surface area contributed by atoms with Crippen molar-refractivity contribution in [3.63, 3.8) is 0 Å². The Hall–Kier alpha value is -1.72. The van der Waals surface area contributed by atoms with Gasteiger partial charge in [0.25, 0.3) is 0 Å². The van der Waals surface area contributed by atoms with Crippen molar-refractivity contribution in [3.8, 4) is 0 Å². The smallest absolute Gasteiger partial charge is 0.0996 e. The number of aliphatic hydroxyl groups excluding tert-OH is 1. The molecule has 1 aliphatic heterocycles. The fraction of sp³-hybridized carbons (Fsp3) is 0.556. The molecule has 0 radical (unpaired) electrons.